The molecule has 3 N–H and O–H groups in total. The fraction of sp³-hybridized carbons (Fsp3) is 0.636. The van der Waals surface area contributed by atoms with Crippen molar-refractivity contribution in [3.8, 4) is 0 Å². The minimum atomic E-state index is -0.0588. The lowest BCUT2D eigenvalue weighted by Crippen LogP contribution is -2.38. The molecule has 0 aliphatic carbocycles. The summed E-state index contributed by atoms with van der Waals surface area (Å²) in [6, 6.07) is 0. The first-order chi connectivity index (χ1) is 8.22. The van der Waals surface area contributed by atoms with Crippen molar-refractivity contribution in [1.29, 1.82) is 0 Å². The van der Waals surface area contributed by atoms with E-state index in [0.717, 1.165) is 38.3 Å². The quantitative estimate of drug-likeness (QED) is 0.798. The molecule has 1 saturated heterocycles. The van der Waals surface area contributed by atoms with Crippen LogP contribution < -0.4 is 16.2 Å². The fourth-order valence-corrected chi connectivity index (χ4v) is 2.96. The zero-order chi connectivity index (χ0) is 12.3. The molecule has 1 unspecified atom stereocenters. The number of rotatable bonds is 3. The van der Waals surface area contributed by atoms with Gasteiger partial charge in [0.05, 0.1) is 6.33 Å². The van der Waals surface area contributed by atoms with Crippen LogP contribution in [0.1, 0.15) is 19.3 Å². The summed E-state index contributed by atoms with van der Waals surface area (Å²) in [5.74, 6) is 1.45. The standard InChI is InChI=1S/C11H17IN4O/c12-9-10(14-7-15-11(9)17)16-5-1-2-8(6-16)3-4-13/h7-8H,1-6,13H2,(H,14,15,17). The molecule has 17 heavy (non-hydrogen) atoms. The van der Waals surface area contributed by atoms with E-state index in [0.29, 0.717) is 9.49 Å². The van der Waals surface area contributed by atoms with Crippen molar-refractivity contribution >= 4 is 28.4 Å². The van der Waals surface area contributed by atoms with Crippen LogP contribution in [0.3, 0.4) is 0 Å². The van der Waals surface area contributed by atoms with Crippen molar-refractivity contribution in [2.45, 2.75) is 19.3 Å². The van der Waals surface area contributed by atoms with Gasteiger partial charge in [-0.2, -0.15) is 0 Å². The van der Waals surface area contributed by atoms with E-state index in [-0.39, 0.29) is 5.56 Å². The SMILES string of the molecule is NCCC1CCCN(c2nc[nH]c(=O)c2I)C1. The second-order valence-corrected chi connectivity index (χ2v) is 5.48. The van der Waals surface area contributed by atoms with Gasteiger partial charge in [-0.05, 0) is 54.3 Å². The number of piperidine rings is 1. The normalized spacial score (nSPS) is 20.6. The predicted molar refractivity (Wildman–Crippen MR) is 76.2 cm³/mol. The van der Waals surface area contributed by atoms with E-state index >= 15 is 0 Å². The highest BCUT2D eigenvalue weighted by atomic mass is 127. The number of nitrogens with one attached hydrogen (secondary N) is 1. The molecule has 0 bridgehead atoms. The number of hydrogen-bond donors (Lipinski definition) is 2. The van der Waals surface area contributed by atoms with Gasteiger partial charge in [0.1, 0.15) is 9.39 Å². The zero-order valence-electron chi connectivity index (χ0n) is 9.66. The summed E-state index contributed by atoms with van der Waals surface area (Å²) in [5.41, 5.74) is 5.55. The summed E-state index contributed by atoms with van der Waals surface area (Å²) in [5, 5.41) is 0. The molecule has 2 rings (SSSR count). The van der Waals surface area contributed by atoms with Gasteiger partial charge in [-0.3, -0.25) is 4.79 Å². The third-order valence-electron chi connectivity index (χ3n) is 3.17. The first kappa shape index (κ1) is 12.8. The molecule has 1 aromatic heterocycles. The van der Waals surface area contributed by atoms with Gasteiger partial charge in [-0.15, -0.1) is 0 Å². The zero-order valence-corrected chi connectivity index (χ0v) is 11.8. The molecular formula is C11H17IN4O. The van der Waals surface area contributed by atoms with E-state index in [1.807, 2.05) is 0 Å². The third-order valence-corrected chi connectivity index (χ3v) is 4.14. The highest BCUT2D eigenvalue weighted by Gasteiger charge is 2.22. The molecule has 5 nitrogen and oxygen atoms in total. The van der Waals surface area contributed by atoms with Crippen molar-refractivity contribution < 1.29 is 0 Å². The van der Waals surface area contributed by atoms with Crippen LogP contribution >= 0.6 is 22.6 Å². The van der Waals surface area contributed by atoms with E-state index in [2.05, 4.69) is 37.5 Å². The maximum Gasteiger partial charge on any atom is 0.266 e. The topological polar surface area (TPSA) is 75.0 Å². The maximum absolute atomic E-state index is 11.5. The van der Waals surface area contributed by atoms with Crippen molar-refractivity contribution in [2.75, 3.05) is 24.5 Å². The summed E-state index contributed by atoms with van der Waals surface area (Å²) in [6.07, 6.45) is 4.91. The van der Waals surface area contributed by atoms with Crippen LogP contribution in [0.4, 0.5) is 5.82 Å². The molecule has 0 saturated carbocycles. The first-order valence-corrected chi connectivity index (χ1v) is 6.98. The lowest BCUT2D eigenvalue weighted by Gasteiger charge is -2.33. The van der Waals surface area contributed by atoms with Crippen LogP contribution in [0, 0.1) is 9.49 Å². The Balaban J connectivity index is 2.16. The Labute approximate surface area is 114 Å². The van der Waals surface area contributed by atoms with E-state index < -0.39 is 0 Å². The minimum Gasteiger partial charge on any atom is -0.355 e. The van der Waals surface area contributed by atoms with Gasteiger partial charge in [0, 0.05) is 13.1 Å². The highest BCUT2D eigenvalue weighted by molar-refractivity contribution is 14.1. The molecule has 0 spiro atoms. The molecule has 94 valence electrons. The van der Waals surface area contributed by atoms with Crippen molar-refractivity contribution in [2.24, 2.45) is 11.7 Å². The average Bonchev–Trinajstić information content (AvgIpc) is 2.33. The number of nitrogens with two attached hydrogens (primary N) is 1. The number of aromatic nitrogens is 2. The first-order valence-electron chi connectivity index (χ1n) is 5.90. The smallest absolute Gasteiger partial charge is 0.266 e. The van der Waals surface area contributed by atoms with Gasteiger partial charge in [-0.1, -0.05) is 0 Å². The van der Waals surface area contributed by atoms with E-state index in [9.17, 15) is 4.79 Å². The van der Waals surface area contributed by atoms with Crippen LogP contribution in [-0.4, -0.2) is 29.6 Å². The van der Waals surface area contributed by atoms with Crippen molar-refractivity contribution in [3.63, 3.8) is 0 Å². The number of hydrogen-bond acceptors (Lipinski definition) is 4. The summed E-state index contributed by atoms with van der Waals surface area (Å²) < 4.78 is 0.679. The fourth-order valence-electron chi connectivity index (χ4n) is 2.32. The number of H-pyrrole nitrogens is 1. The summed E-state index contributed by atoms with van der Waals surface area (Å²) in [6.45, 7) is 2.68. The van der Waals surface area contributed by atoms with Gasteiger partial charge in [-0.25, -0.2) is 4.98 Å². The van der Waals surface area contributed by atoms with Crippen molar-refractivity contribution in [3.05, 3.63) is 20.3 Å². The van der Waals surface area contributed by atoms with Crippen LogP contribution in [0.25, 0.3) is 0 Å². The predicted octanol–water partition coefficient (Wildman–Crippen LogP) is 0.940. The Morgan fingerprint density at radius 3 is 3.24 bits per heavy atom. The van der Waals surface area contributed by atoms with Crippen LogP contribution in [-0.2, 0) is 0 Å². The molecule has 1 atom stereocenters. The second kappa shape index (κ2) is 5.81. The summed E-state index contributed by atoms with van der Waals surface area (Å²) in [7, 11) is 0. The molecular weight excluding hydrogens is 331 g/mol. The van der Waals surface area contributed by atoms with Crippen LogP contribution in [0.5, 0.6) is 0 Å². The molecule has 0 amide bonds. The molecule has 1 aromatic rings. The van der Waals surface area contributed by atoms with E-state index in [1.54, 1.807) is 0 Å². The number of nitrogens with zero attached hydrogens (tertiary/aromatic N) is 2. The Hall–Kier alpha value is -0.630. The summed E-state index contributed by atoms with van der Waals surface area (Å²) in [4.78, 5) is 20.6. The van der Waals surface area contributed by atoms with E-state index in [1.165, 1.54) is 12.7 Å². The molecule has 6 heteroatoms. The Morgan fingerprint density at radius 2 is 2.47 bits per heavy atom. The Bertz CT molecular complexity index is 432. The highest BCUT2D eigenvalue weighted by Crippen LogP contribution is 2.24. The van der Waals surface area contributed by atoms with Crippen LogP contribution in [0.15, 0.2) is 11.1 Å². The van der Waals surface area contributed by atoms with Gasteiger partial charge in [0.2, 0.25) is 0 Å². The number of halogens is 1. The summed E-state index contributed by atoms with van der Waals surface area (Å²) >= 11 is 2.06. The van der Waals surface area contributed by atoms with E-state index in [4.69, 9.17) is 5.73 Å². The van der Waals surface area contributed by atoms with Crippen LogP contribution in [0.2, 0.25) is 0 Å². The van der Waals surface area contributed by atoms with Gasteiger partial charge >= 0.3 is 0 Å². The Morgan fingerprint density at radius 1 is 1.65 bits per heavy atom. The minimum absolute atomic E-state index is 0.0588. The second-order valence-electron chi connectivity index (χ2n) is 4.40. The lowest BCUT2D eigenvalue weighted by atomic mass is 9.95. The molecule has 1 fully saturated rings. The van der Waals surface area contributed by atoms with Gasteiger partial charge in [0.25, 0.3) is 5.56 Å². The molecule has 1 aliphatic rings. The lowest BCUT2D eigenvalue weighted by molar-refractivity contribution is 0.394. The monoisotopic (exact) mass is 348 g/mol. The number of anilines is 1. The maximum atomic E-state index is 11.5. The van der Waals surface area contributed by atoms with Gasteiger partial charge in [0.15, 0.2) is 0 Å². The molecule has 0 aromatic carbocycles. The number of aromatic amines is 1. The average molecular weight is 348 g/mol. The third kappa shape index (κ3) is 2.98. The molecule has 0 radical (unpaired) electrons. The molecule has 1 aliphatic heterocycles. The Kier molecular flexibility index (Phi) is 4.38. The van der Waals surface area contributed by atoms with Crippen molar-refractivity contribution in [1.82, 2.24) is 9.97 Å². The largest absolute Gasteiger partial charge is 0.355 e. The molecule has 2 heterocycles. The van der Waals surface area contributed by atoms with Gasteiger partial charge < -0.3 is 15.6 Å².